The molecule has 3 nitrogen and oxygen atoms in total. The number of nitrogens with two attached hydrogens (primary N) is 1. The van der Waals surface area contributed by atoms with E-state index in [4.69, 9.17) is 17.3 Å². The minimum absolute atomic E-state index is 0.391. The summed E-state index contributed by atoms with van der Waals surface area (Å²) in [7, 11) is 0. The van der Waals surface area contributed by atoms with Crippen molar-refractivity contribution in [1.82, 2.24) is 9.78 Å². The Hall–Kier alpha value is -0.700. The van der Waals surface area contributed by atoms with Crippen LogP contribution in [0.15, 0.2) is 0 Å². The van der Waals surface area contributed by atoms with Crippen molar-refractivity contribution in [2.24, 2.45) is 5.41 Å². The summed E-state index contributed by atoms with van der Waals surface area (Å²) in [6.45, 7) is 6.53. The first-order valence-corrected chi connectivity index (χ1v) is 6.28. The van der Waals surface area contributed by atoms with Crippen molar-refractivity contribution in [3.63, 3.8) is 0 Å². The Kier molecular flexibility index (Phi) is 2.91. The van der Waals surface area contributed by atoms with Crippen LogP contribution >= 0.6 is 11.6 Å². The van der Waals surface area contributed by atoms with Crippen molar-refractivity contribution in [1.29, 1.82) is 0 Å². The zero-order chi connectivity index (χ0) is 11.9. The summed E-state index contributed by atoms with van der Waals surface area (Å²) in [5, 5.41) is 5.07. The number of nitrogens with zero attached hydrogens (tertiary/aromatic N) is 2. The van der Waals surface area contributed by atoms with Gasteiger partial charge in [-0.3, -0.25) is 0 Å². The molecule has 2 rings (SSSR count). The van der Waals surface area contributed by atoms with E-state index in [1.54, 1.807) is 0 Å². The molecule has 0 aromatic carbocycles. The van der Waals surface area contributed by atoms with Crippen LogP contribution in [0.2, 0.25) is 5.02 Å². The first-order chi connectivity index (χ1) is 7.41. The number of hydrogen-bond acceptors (Lipinski definition) is 2. The summed E-state index contributed by atoms with van der Waals surface area (Å²) in [6.07, 6.45) is 4.82. The van der Waals surface area contributed by atoms with Crippen molar-refractivity contribution < 1.29 is 0 Å². The van der Waals surface area contributed by atoms with Gasteiger partial charge >= 0.3 is 0 Å². The summed E-state index contributed by atoms with van der Waals surface area (Å²) in [4.78, 5) is 0. The van der Waals surface area contributed by atoms with Crippen LogP contribution in [0.4, 0.5) is 5.82 Å². The molecule has 1 aromatic heterocycles. The monoisotopic (exact) mass is 241 g/mol. The van der Waals surface area contributed by atoms with E-state index in [1.807, 2.05) is 11.6 Å². The van der Waals surface area contributed by atoms with E-state index in [0.29, 0.717) is 22.3 Å². The van der Waals surface area contributed by atoms with Gasteiger partial charge in [0.05, 0.1) is 11.7 Å². The first kappa shape index (κ1) is 11.8. The molecule has 16 heavy (non-hydrogen) atoms. The van der Waals surface area contributed by atoms with E-state index in [9.17, 15) is 0 Å². The lowest BCUT2D eigenvalue weighted by atomic mass is 9.75. The fourth-order valence-electron chi connectivity index (χ4n) is 2.69. The topological polar surface area (TPSA) is 43.8 Å². The highest BCUT2D eigenvalue weighted by Gasteiger charge is 2.30. The highest BCUT2D eigenvalue weighted by Crippen LogP contribution is 2.42. The molecule has 1 saturated carbocycles. The average Bonchev–Trinajstić information content (AvgIpc) is 2.45. The lowest BCUT2D eigenvalue weighted by Crippen LogP contribution is -2.26. The van der Waals surface area contributed by atoms with Crippen molar-refractivity contribution in [3.8, 4) is 0 Å². The van der Waals surface area contributed by atoms with Crippen LogP contribution in [-0.4, -0.2) is 9.78 Å². The number of aryl methyl sites for hydroxylation is 1. The van der Waals surface area contributed by atoms with E-state index in [1.165, 1.54) is 12.8 Å². The third-order valence-corrected chi connectivity index (χ3v) is 4.04. The Bertz CT molecular complexity index is 395. The van der Waals surface area contributed by atoms with Gasteiger partial charge in [0.25, 0.3) is 0 Å². The predicted octanol–water partition coefficient (Wildman–Crippen LogP) is 3.57. The molecule has 0 saturated heterocycles. The van der Waals surface area contributed by atoms with Gasteiger partial charge in [0.1, 0.15) is 10.8 Å². The second-order valence-electron chi connectivity index (χ2n) is 5.64. The molecule has 0 aliphatic heterocycles. The molecule has 0 spiro atoms. The molecule has 1 aliphatic rings. The zero-order valence-corrected chi connectivity index (χ0v) is 11.0. The molecule has 0 radical (unpaired) electrons. The largest absolute Gasteiger partial charge is 0.383 e. The minimum Gasteiger partial charge on any atom is -0.383 e. The normalized spacial score (nSPS) is 24.6. The Morgan fingerprint density at radius 2 is 2.19 bits per heavy atom. The van der Waals surface area contributed by atoms with Crippen LogP contribution in [0.25, 0.3) is 0 Å². The van der Waals surface area contributed by atoms with Gasteiger partial charge in [0.15, 0.2) is 0 Å². The lowest BCUT2D eigenvalue weighted by Gasteiger charge is -2.35. The molecule has 0 amide bonds. The second-order valence-corrected chi connectivity index (χ2v) is 6.02. The minimum atomic E-state index is 0.391. The van der Waals surface area contributed by atoms with E-state index < -0.39 is 0 Å². The van der Waals surface area contributed by atoms with E-state index in [0.717, 1.165) is 18.5 Å². The number of nitrogen functional groups attached to an aromatic ring is 1. The van der Waals surface area contributed by atoms with Gasteiger partial charge in [-0.1, -0.05) is 31.9 Å². The lowest BCUT2D eigenvalue weighted by molar-refractivity contribution is 0.176. The maximum atomic E-state index is 6.08. The van der Waals surface area contributed by atoms with Crippen LogP contribution in [0.5, 0.6) is 0 Å². The Labute approximate surface area is 102 Å². The number of rotatable bonds is 1. The predicted molar refractivity (Wildman–Crippen MR) is 67.7 cm³/mol. The van der Waals surface area contributed by atoms with E-state index in [2.05, 4.69) is 18.9 Å². The van der Waals surface area contributed by atoms with Gasteiger partial charge in [-0.15, -0.1) is 0 Å². The van der Waals surface area contributed by atoms with Crippen molar-refractivity contribution in [2.75, 3.05) is 5.73 Å². The number of hydrogen-bond donors (Lipinski definition) is 1. The molecule has 4 heteroatoms. The Balaban J connectivity index is 2.27. The third kappa shape index (κ3) is 2.05. The van der Waals surface area contributed by atoms with Gasteiger partial charge < -0.3 is 5.73 Å². The summed E-state index contributed by atoms with van der Waals surface area (Å²) in [5.41, 5.74) is 7.22. The van der Waals surface area contributed by atoms with Gasteiger partial charge in [0.2, 0.25) is 0 Å². The standard InChI is InChI=1S/C12H20ClN3/c1-8-10(13)11(14)16(15-8)9-5-4-6-12(2,3)7-9/h9H,4-7,14H2,1-3H3. The van der Waals surface area contributed by atoms with Crippen LogP contribution in [0.3, 0.4) is 0 Å². The van der Waals surface area contributed by atoms with Gasteiger partial charge in [0, 0.05) is 0 Å². The van der Waals surface area contributed by atoms with Crippen LogP contribution in [-0.2, 0) is 0 Å². The van der Waals surface area contributed by atoms with Gasteiger partial charge in [-0.2, -0.15) is 5.10 Å². The molecule has 2 N–H and O–H groups in total. The first-order valence-electron chi connectivity index (χ1n) is 5.91. The van der Waals surface area contributed by atoms with Crippen LogP contribution in [0, 0.1) is 12.3 Å². The molecule has 1 fully saturated rings. The van der Waals surface area contributed by atoms with E-state index in [-0.39, 0.29) is 0 Å². The van der Waals surface area contributed by atoms with Crippen molar-refractivity contribution >= 4 is 17.4 Å². The summed E-state index contributed by atoms with van der Waals surface area (Å²) in [5.74, 6) is 0.627. The van der Waals surface area contributed by atoms with Crippen molar-refractivity contribution in [3.05, 3.63) is 10.7 Å². The molecule has 1 atom stereocenters. The summed E-state index contributed by atoms with van der Waals surface area (Å²) >= 11 is 6.08. The third-order valence-electron chi connectivity index (χ3n) is 3.57. The number of aromatic nitrogens is 2. The number of anilines is 1. The zero-order valence-electron chi connectivity index (χ0n) is 10.3. The molecular weight excluding hydrogens is 222 g/mol. The summed E-state index contributed by atoms with van der Waals surface area (Å²) in [6, 6.07) is 0.412. The molecule has 0 bridgehead atoms. The molecule has 1 heterocycles. The van der Waals surface area contributed by atoms with Gasteiger partial charge in [-0.25, -0.2) is 4.68 Å². The Morgan fingerprint density at radius 3 is 2.69 bits per heavy atom. The number of halogens is 1. The smallest absolute Gasteiger partial charge is 0.141 e. The van der Waals surface area contributed by atoms with Crippen molar-refractivity contribution in [2.45, 2.75) is 52.5 Å². The molecule has 1 aliphatic carbocycles. The SMILES string of the molecule is Cc1nn(C2CCCC(C)(C)C2)c(N)c1Cl. The fourth-order valence-corrected chi connectivity index (χ4v) is 2.81. The molecule has 1 aromatic rings. The average molecular weight is 242 g/mol. The maximum absolute atomic E-state index is 6.08. The Morgan fingerprint density at radius 1 is 1.50 bits per heavy atom. The van der Waals surface area contributed by atoms with Crippen LogP contribution in [0.1, 0.15) is 51.3 Å². The quantitative estimate of drug-likeness (QED) is 0.817. The van der Waals surface area contributed by atoms with Crippen LogP contribution < -0.4 is 5.73 Å². The van der Waals surface area contributed by atoms with E-state index >= 15 is 0 Å². The molecule has 90 valence electrons. The molecular formula is C12H20ClN3. The maximum Gasteiger partial charge on any atom is 0.141 e. The summed E-state index contributed by atoms with van der Waals surface area (Å²) < 4.78 is 1.93. The highest BCUT2D eigenvalue weighted by atomic mass is 35.5. The fraction of sp³-hybridized carbons (Fsp3) is 0.750. The second kappa shape index (κ2) is 3.95. The molecule has 1 unspecified atom stereocenters. The van der Waals surface area contributed by atoms with Gasteiger partial charge in [-0.05, 0) is 31.6 Å². The highest BCUT2D eigenvalue weighted by molar-refractivity contribution is 6.33.